The molecular weight excluding hydrogens is 306 g/mol. The minimum absolute atomic E-state index is 0.539. The molecule has 2 rings (SSSR count). The number of aromatic nitrogens is 3. The van der Waals surface area contributed by atoms with E-state index in [4.69, 9.17) is 0 Å². The van der Waals surface area contributed by atoms with Crippen molar-refractivity contribution in [3.05, 3.63) is 46.2 Å². The van der Waals surface area contributed by atoms with Gasteiger partial charge in [-0.3, -0.25) is 0 Å². The van der Waals surface area contributed by atoms with Crippen LogP contribution in [0.15, 0.2) is 34.9 Å². The summed E-state index contributed by atoms with van der Waals surface area (Å²) in [7, 11) is 0. The van der Waals surface area contributed by atoms with E-state index in [9.17, 15) is 5.11 Å². The zero-order valence-corrected chi connectivity index (χ0v) is 12.8. The molecule has 2 aromatic rings. The quantitative estimate of drug-likeness (QED) is 0.920. The molecule has 1 aromatic heterocycles. The molecule has 4 nitrogen and oxygen atoms in total. The van der Waals surface area contributed by atoms with Gasteiger partial charge in [0.1, 0.15) is 5.60 Å². The molecule has 1 atom stereocenters. The third-order valence-corrected chi connectivity index (χ3v) is 3.60. The molecule has 1 N–H and O–H groups in total. The van der Waals surface area contributed by atoms with Crippen LogP contribution in [-0.4, -0.2) is 20.1 Å². The molecule has 1 aromatic carbocycles. The van der Waals surface area contributed by atoms with Crippen LogP contribution in [0.1, 0.15) is 31.5 Å². The lowest BCUT2D eigenvalue weighted by atomic mass is 9.93. The molecule has 0 aliphatic heterocycles. The fourth-order valence-electron chi connectivity index (χ4n) is 2.14. The van der Waals surface area contributed by atoms with Crippen LogP contribution in [0.3, 0.4) is 0 Å². The third-order valence-electron chi connectivity index (χ3n) is 3.07. The topological polar surface area (TPSA) is 50.9 Å². The van der Waals surface area contributed by atoms with Crippen LogP contribution in [0.2, 0.25) is 0 Å². The van der Waals surface area contributed by atoms with E-state index in [1.165, 1.54) is 0 Å². The van der Waals surface area contributed by atoms with Gasteiger partial charge < -0.3 is 5.11 Å². The third kappa shape index (κ3) is 3.42. The molecule has 1 unspecified atom stereocenters. The number of rotatable bonds is 5. The zero-order valence-electron chi connectivity index (χ0n) is 11.2. The smallest absolute Gasteiger partial charge is 0.109 e. The Bertz CT molecular complexity index is 534. The number of aryl methyl sites for hydroxylation is 1. The van der Waals surface area contributed by atoms with Gasteiger partial charge in [0.15, 0.2) is 0 Å². The Hall–Kier alpha value is -1.20. The molecule has 0 aliphatic rings. The van der Waals surface area contributed by atoms with E-state index >= 15 is 0 Å². The van der Waals surface area contributed by atoms with Gasteiger partial charge in [-0.15, -0.1) is 5.10 Å². The highest BCUT2D eigenvalue weighted by atomic mass is 79.9. The maximum Gasteiger partial charge on any atom is 0.109 e. The summed E-state index contributed by atoms with van der Waals surface area (Å²) in [6.07, 6.45) is 3.15. The van der Waals surface area contributed by atoms with E-state index in [0.29, 0.717) is 6.42 Å². The Morgan fingerprint density at radius 1 is 1.32 bits per heavy atom. The summed E-state index contributed by atoms with van der Waals surface area (Å²) in [6, 6.07) is 7.97. The lowest BCUT2D eigenvalue weighted by Crippen LogP contribution is -2.28. The lowest BCUT2D eigenvalue weighted by molar-refractivity contribution is 0.0477. The van der Waals surface area contributed by atoms with E-state index in [-0.39, 0.29) is 0 Å². The number of nitrogens with zero attached hydrogens (tertiary/aromatic N) is 3. The second-order valence-corrected chi connectivity index (χ2v) is 5.84. The molecule has 0 spiro atoms. The van der Waals surface area contributed by atoms with Gasteiger partial charge in [-0.2, -0.15) is 0 Å². The van der Waals surface area contributed by atoms with Crippen molar-refractivity contribution in [1.29, 1.82) is 0 Å². The van der Waals surface area contributed by atoms with Gasteiger partial charge in [0.25, 0.3) is 0 Å². The second-order valence-electron chi connectivity index (χ2n) is 4.92. The van der Waals surface area contributed by atoms with Gasteiger partial charge in [0.05, 0.1) is 11.9 Å². The Balaban J connectivity index is 2.21. The monoisotopic (exact) mass is 323 g/mol. The van der Waals surface area contributed by atoms with Crippen molar-refractivity contribution in [2.75, 3.05) is 0 Å². The number of halogens is 1. The predicted molar refractivity (Wildman–Crippen MR) is 77.7 cm³/mol. The van der Waals surface area contributed by atoms with E-state index in [1.54, 1.807) is 17.8 Å². The van der Waals surface area contributed by atoms with Gasteiger partial charge in [-0.1, -0.05) is 40.2 Å². The van der Waals surface area contributed by atoms with Crippen molar-refractivity contribution in [2.24, 2.45) is 0 Å². The van der Waals surface area contributed by atoms with Gasteiger partial charge >= 0.3 is 0 Å². The first-order valence-corrected chi connectivity index (χ1v) is 7.18. The van der Waals surface area contributed by atoms with Crippen molar-refractivity contribution in [3.8, 4) is 0 Å². The highest BCUT2D eigenvalue weighted by Crippen LogP contribution is 2.25. The normalized spacial score (nSPS) is 14.3. The molecule has 0 saturated carbocycles. The van der Waals surface area contributed by atoms with Gasteiger partial charge in [-0.25, -0.2) is 4.68 Å². The Morgan fingerprint density at radius 3 is 2.63 bits per heavy atom. The Morgan fingerprint density at radius 2 is 2.00 bits per heavy atom. The molecule has 1 heterocycles. The molecule has 0 aliphatic carbocycles. The fraction of sp³-hybridized carbons (Fsp3) is 0.429. The average Bonchev–Trinajstić information content (AvgIpc) is 2.81. The minimum atomic E-state index is -0.966. The lowest BCUT2D eigenvalue weighted by Gasteiger charge is -2.23. The van der Waals surface area contributed by atoms with Gasteiger partial charge in [0, 0.05) is 17.4 Å². The molecule has 0 fully saturated rings. The molecular formula is C14H18BrN3O. The molecule has 0 saturated heterocycles. The molecule has 0 amide bonds. The van der Waals surface area contributed by atoms with Crippen molar-refractivity contribution < 1.29 is 5.11 Å². The molecule has 0 radical (unpaired) electrons. The van der Waals surface area contributed by atoms with Crippen molar-refractivity contribution >= 4 is 15.9 Å². The number of benzene rings is 1. The first kappa shape index (κ1) is 14.2. The molecule has 19 heavy (non-hydrogen) atoms. The average molecular weight is 324 g/mol. The Kier molecular flexibility index (Phi) is 4.37. The van der Waals surface area contributed by atoms with Crippen LogP contribution in [0.25, 0.3) is 0 Å². The minimum Gasteiger partial charge on any atom is -0.383 e. The summed E-state index contributed by atoms with van der Waals surface area (Å²) in [5, 5.41) is 18.6. The van der Waals surface area contributed by atoms with Crippen molar-refractivity contribution in [1.82, 2.24) is 15.0 Å². The van der Waals surface area contributed by atoms with E-state index in [1.807, 2.05) is 24.3 Å². The number of hydrogen-bond donors (Lipinski definition) is 1. The van der Waals surface area contributed by atoms with E-state index in [0.717, 1.165) is 28.7 Å². The summed E-state index contributed by atoms with van der Waals surface area (Å²) < 4.78 is 2.81. The molecule has 102 valence electrons. The maximum atomic E-state index is 10.7. The maximum absolute atomic E-state index is 10.7. The number of aliphatic hydroxyl groups is 1. The van der Waals surface area contributed by atoms with Gasteiger partial charge in [-0.05, 0) is 31.0 Å². The van der Waals surface area contributed by atoms with Crippen LogP contribution in [0.5, 0.6) is 0 Å². The summed E-state index contributed by atoms with van der Waals surface area (Å²) in [5.41, 5.74) is 0.877. The van der Waals surface area contributed by atoms with E-state index < -0.39 is 5.60 Å². The van der Waals surface area contributed by atoms with Crippen molar-refractivity contribution in [2.45, 2.75) is 38.8 Å². The summed E-state index contributed by atoms with van der Waals surface area (Å²) in [6.45, 7) is 4.65. The SMILES string of the molecule is CCCn1nncc1C(C)(O)Cc1ccc(Br)cc1. The summed E-state index contributed by atoms with van der Waals surface area (Å²) >= 11 is 3.41. The fourth-order valence-corrected chi connectivity index (χ4v) is 2.41. The molecule has 5 heteroatoms. The number of hydrogen-bond acceptors (Lipinski definition) is 3. The second kappa shape index (κ2) is 5.84. The zero-order chi connectivity index (χ0) is 13.9. The van der Waals surface area contributed by atoms with E-state index in [2.05, 4.69) is 33.2 Å². The van der Waals surface area contributed by atoms with Crippen LogP contribution >= 0.6 is 15.9 Å². The van der Waals surface area contributed by atoms with Crippen molar-refractivity contribution in [3.63, 3.8) is 0 Å². The van der Waals surface area contributed by atoms with Crippen LogP contribution in [-0.2, 0) is 18.6 Å². The van der Waals surface area contributed by atoms with Gasteiger partial charge in [0.2, 0.25) is 0 Å². The van der Waals surface area contributed by atoms with Crippen LogP contribution in [0.4, 0.5) is 0 Å². The highest BCUT2D eigenvalue weighted by Gasteiger charge is 2.28. The highest BCUT2D eigenvalue weighted by molar-refractivity contribution is 9.10. The standard InChI is InChI=1S/C14H18BrN3O/c1-3-8-18-13(10-16-17-18)14(2,19)9-11-4-6-12(15)7-5-11/h4-7,10,19H,3,8-9H2,1-2H3. The predicted octanol–water partition coefficient (Wildman–Crippen LogP) is 2.90. The first-order chi connectivity index (χ1) is 9.03. The van der Waals surface area contributed by atoms with Crippen LogP contribution < -0.4 is 0 Å². The first-order valence-electron chi connectivity index (χ1n) is 6.38. The molecule has 0 bridgehead atoms. The summed E-state index contributed by atoms with van der Waals surface area (Å²) in [4.78, 5) is 0. The Labute approximate surface area is 121 Å². The largest absolute Gasteiger partial charge is 0.383 e. The summed E-state index contributed by atoms with van der Waals surface area (Å²) in [5.74, 6) is 0. The van der Waals surface area contributed by atoms with Crippen LogP contribution in [0, 0.1) is 0 Å².